The number of hydrogen-bond acceptors (Lipinski definition) is 4. The van der Waals surface area contributed by atoms with Gasteiger partial charge < -0.3 is 14.5 Å². The lowest BCUT2D eigenvalue weighted by Crippen LogP contribution is -2.24. The van der Waals surface area contributed by atoms with E-state index >= 15 is 0 Å². The SMILES string of the molecule is COc1cccc(NC(=S)N/N=C(/C)c2cc3ccccc3o2)c1. The summed E-state index contributed by atoms with van der Waals surface area (Å²) in [6, 6.07) is 17.3. The van der Waals surface area contributed by atoms with Crippen molar-refractivity contribution in [2.75, 3.05) is 12.4 Å². The van der Waals surface area contributed by atoms with E-state index in [4.69, 9.17) is 21.4 Å². The second-order valence-electron chi connectivity index (χ2n) is 5.14. The maximum Gasteiger partial charge on any atom is 0.191 e. The maximum absolute atomic E-state index is 5.76. The highest BCUT2D eigenvalue weighted by Crippen LogP contribution is 2.19. The number of furan rings is 1. The summed E-state index contributed by atoms with van der Waals surface area (Å²) in [5, 5.41) is 8.75. The molecular weight excluding hydrogens is 322 g/mol. The van der Waals surface area contributed by atoms with Gasteiger partial charge in [0.25, 0.3) is 0 Å². The molecule has 1 aromatic heterocycles. The second-order valence-corrected chi connectivity index (χ2v) is 5.55. The summed E-state index contributed by atoms with van der Waals surface area (Å²) >= 11 is 5.25. The Balaban J connectivity index is 1.66. The molecule has 3 rings (SSSR count). The van der Waals surface area contributed by atoms with Crippen molar-refractivity contribution in [2.45, 2.75) is 6.92 Å². The van der Waals surface area contributed by atoms with E-state index < -0.39 is 0 Å². The van der Waals surface area contributed by atoms with Crippen molar-refractivity contribution in [3.63, 3.8) is 0 Å². The molecule has 0 saturated carbocycles. The van der Waals surface area contributed by atoms with Gasteiger partial charge in [0, 0.05) is 17.1 Å². The lowest BCUT2D eigenvalue weighted by atomic mass is 10.2. The number of para-hydroxylation sites is 1. The van der Waals surface area contributed by atoms with Gasteiger partial charge in [-0.3, -0.25) is 5.43 Å². The number of methoxy groups -OCH3 is 1. The van der Waals surface area contributed by atoms with Crippen LogP contribution in [0.3, 0.4) is 0 Å². The van der Waals surface area contributed by atoms with Gasteiger partial charge in [-0.15, -0.1) is 0 Å². The van der Waals surface area contributed by atoms with Gasteiger partial charge in [-0.25, -0.2) is 0 Å². The number of fused-ring (bicyclic) bond motifs is 1. The minimum Gasteiger partial charge on any atom is -0.497 e. The molecule has 0 saturated heterocycles. The van der Waals surface area contributed by atoms with Gasteiger partial charge in [-0.2, -0.15) is 5.10 Å². The Hall–Kier alpha value is -2.86. The molecule has 0 bridgehead atoms. The zero-order valence-electron chi connectivity index (χ0n) is 13.4. The number of thiocarbonyl (C=S) groups is 1. The largest absolute Gasteiger partial charge is 0.497 e. The highest BCUT2D eigenvalue weighted by atomic mass is 32.1. The van der Waals surface area contributed by atoms with E-state index in [9.17, 15) is 0 Å². The average molecular weight is 339 g/mol. The summed E-state index contributed by atoms with van der Waals surface area (Å²) in [6.07, 6.45) is 0. The number of nitrogens with one attached hydrogen (secondary N) is 2. The van der Waals surface area contributed by atoms with Crippen LogP contribution in [-0.4, -0.2) is 17.9 Å². The third-order valence-electron chi connectivity index (χ3n) is 3.43. The minimum atomic E-state index is 0.388. The zero-order chi connectivity index (χ0) is 16.9. The maximum atomic E-state index is 5.76. The first-order valence-electron chi connectivity index (χ1n) is 7.40. The number of hydrogen-bond donors (Lipinski definition) is 2. The molecule has 24 heavy (non-hydrogen) atoms. The van der Waals surface area contributed by atoms with Gasteiger partial charge in [-0.05, 0) is 43.4 Å². The monoisotopic (exact) mass is 339 g/mol. The third-order valence-corrected chi connectivity index (χ3v) is 3.63. The Bertz CT molecular complexity index is 869. The Labute approximate surface area is 145 Å². The molecular formula is C18H17N3O2S. The fourth-order valence-corrected chi connectivity index (χ4v) is 2.37. The van der Waals surface area contributed by atoms with Crippen LogP contribution in [0.1, 0.15) is 12.7 Å². The van der Waals surface area contributed by atoms with Gasteiger partial charge in [0.15, 0.2) is 10.9 Å². The van der Waals surface area contributed by atoms with Crippen LogP contribution in [0.5, 0.6) is 5.75 Å². The van der Waals surface area contributed by atoms with E-state index in [1.807, 2.05) is 61.5 Å². The molecule has 0 amide bonds. The smallest absolute Gasteiger partial charge is 0.191 e. The predicted molar refractivity (Wildman–Crippen MR) is 101 cm³/mol. The number of nitrogens with zero attached hydrogens (tertiary/aromatic N) is 1. The fraction of sp³-hybridized carbons (Fsp3) is 0.111. The van der Waals surface area contributed by atoms with Crippen LogP contribution in [0.2, 0.25) is 0 Å². The van der Waals surface area contributed by atoms with Gasteiger partial charge in [-0.1, -0.05) is 24.3 Å². The quantitative estimate of drug-likeness (QED) is 0.425. The van der Waals surface area contributed by atoms with Gasteiger partial charge >= 0.3 is 0 Å². The van der Waals surface area contributed by atoms with Gasteiger partial charge in [0.2, 0.25) is 0 Å². The van der Waals surface area contributed by atoms with Crippen LogP contribution in [-0.2, 0) is 0 Å². The van der Waals surface area contributed by atoms with Crippen molar-refractivity contribution in [1.29, 1.82) is 0 Å². The summed E-state index contributed by atoms with van der Waals surface area (Å²) in [5.74, 6) is 1.46. The molecule has 0 aliphatic rings. The molecule has 3 aromatic rings. The molecule has 0 spiro atoms. The number of hydrazone groups is 1. The second kappa shape index (κ2) is 7.14. The molecule has 2 aromatic carbocycles. The molecule has 1 heterocycles. The Morgan fingerprint density at radius 1 is 1.12 bits per heavy atom. The topological polar surface area (TPSA) is 58.8 Å². The summed E-state index contributed by atoms with van der Waals surface area (Å²) < 4.78 is 10.9. The molecule has 0 aliphatic heterocycles. The van der Waals surface area contributed by atoms with Crippen molar-refractivity contribution < 1.29 is 9.15 Å². The Morgan fingerprint density at radius 3 is 2.75 bits per heavy atom. The van der Waals surface area contributed by atoms with Crippen LogP contribution in [0, 0.1) is 0 Å². The lowest BCUT2D eigenvalue weighted by Gasteiger charge is -2.08. The first-order chi connectivity index (χ1) is 11.7. The van der Waals surface area contributed by atoms with Crippen LogP contribution < -0.4 is 15.5 Å². The van der Waals surface area contributed by atoms with Crippen molar-refractivity contribution in [3.8, 4) is 5.75 Å². The van der Waals surface area contributed by atoms with Gasteiger partial charge in [0.05, 0.1) is 7.11 Å². The molecule has 0 aliphatic carbocycles. The predicted octanol–water partition coefficient (Wildman–Crippen LogP) is 4.15. The molecule has 6 heteroatoms. The first-order valence-corrected chi connectivity index (χ1v) is 7.81. The average Bonchev–Trinajstić information content (AvgIpc) is 3.04. The normalized spacial score (nSPS) is 11.3. The Morgan fingerprint density at radius 2 is 1.96 bits per heavy atom. The van der Waals surface area contributed by atoms with E-state index in [0.717, 1.165) is 22.4 Å². The van der Waals surface area contributed by atoms with Gasteiger partial charge in [0.1, 0.15) is 17.0 Å². The number of benzene rings is 2. The molecule has 0 fully saturated rings. The molecule has 0 atom stereocenters. The lowest BCUT2D eigenvalue weighted by molar-refractivity contribution is 0.415. The highest BCUT2D eigenvalue weighted by Gasteiger charge is 2.06. The molecule has 5 nitrogen and oxygen atoms in total. The highest BCUT2D eigenvalue weighted by molar-refractivity contribution is 7.80. The van der Waals surface area contributed by atoms with E-state index in [1.54, 1.807) is 7.11 Å². The van der Waals surface area contributed by atoms with Crippen LogP contribution in [0.4, 0.5) is 5.69 Å². The summed E-state index contributed by atoms with van der Waals surface area (Å²) in [5.41, 5.74) is 5.18. The van der Waals surface area contributed by atoms with E-state index in [0.29, 0.717) is 16.6 Å². The summed E-state index contributed by atoms with van der Waals surface area (Å²) in [7, 11) is 1.62. The van der Waals surface area contributed by atoms with Crippen LogP contribution in [0.15, 0.2) is 64.1 Å². The van der Waals surface area contributed by atoms with E-state index in [-0.39, 0.29) is 0 Å². The molecule has 2 N–H and O–H groups in total. The van der Waals surface area contributed by atoms with Crippen molar-refractivity contribution in [1.82, 2.24) is 5.43 Å². The third kappa shape index (κ3) is 3.72. The number of rotatable bonds is 4. The van der Waals surface area contributed by atoms with E-state index in [1.165, 1.54) is 0 Å². The zero-order valence-corrected chi connectivity index (χ0v) is 14.2. The number of ether oxygens (including phenoxy) is 1. The van der Waals surface area contributed by atoms with E-state index in [2.05, 4.69) is 15.8 Å². The molecule has 0 unspecified atom stereocenters. The first kappa shape index (κ1) is 16.0. The van der Waals surface area contributed by atoms with Crippen molar-refractivity contribution in [2.24, 2.45) is 5.10 Å². The number of anilines is 1. The Kier molecular flexibility index (Phi) is 4.77. The summed E-state index contributed by atoms with van der Waals surface area (Å²) in [4.78, 5) is 0. The fourth-order valence-electron chi connectivity index (χ4n) is 2.21. The molecule has 122 valence electrons. The van der Waals surface area contributed by atoms with Crippen LogP contribution >= 0.6 is 12.2 Å². The minimum absolute atomic E-state index is 0.388. The molecule has 0 radical (unpaired) electrons. The summed E-state index contributed by atoms with van der Waals surface area (Å²) in [6.45, 7) is 1.86. The van der Waals surface area contributed by atoms with Crippen LogP contribution in [0.25, 0.3) is 11.0 Å². The van der Waals surface area contributed by atoms with Crippen molar-refractivity contribution in [3.05, 3.63) is 60.4 Å². The van der Waals surface area contributed by atoms with Crippen molar-refractivity contribution >= 4 is 39.7 Å². The standard InChI is InChI=1S/C18H17N3O2S/c1-12(17-10-13-6-3-4-9-16(13)23-17)20-21-18(24)19-14-7-5-8-15(11-14)22-2/h3-11H,1-2H3,(H2,19,21,24)/b20-12-.